The molecular weight excluding hydrogens is 119 g/mol. The molecule has 0 aliphatic rings. The number of Topliss-reactive ketones (excluding diaryl/α,β-unsaturated/α-hetero) is 1. The fourth-order valence-electron chi connectivity index (χ4n) is 0.117. The van der Waals surface area contributed by atoms with E-state index in [1.165, 1.54) is 6.92 Å². The molecule has 0 fully saturated rings. The van der Waals surface area contributed by atoms with Crippen LogP contribution in [0, 0.1) is 0 Å². The van der Waals surface area contributed by atoms with Gasteiger partial charge >= 0.3 is 51.4 Å². The Balaban J connectivity index is 0. The van der Waals surface area contributed by atoms with Crippen molar-refractivity contribution in [2.24, 2.45) is 0 Å². The first kappa shape index (κ1) is 10.9. The summed E-state index contributed by atoms with van der Waals surface area (Å²) < 4.78 is 0. The fourth-order valence-corrected chi connectivity index (χ4v) is 0.117. The van der Waals surface area contributed by atoms with Gasteiger partial charge in [-0.3, -0.25) is 4.79 Å². The van der Waals surface area contributed by atoms with E-state index >= 15 is 0 Å². The summed E-state index contributed by atoms with van der Waals surface area (Å²) in [6.45, 7) is 1.38. The van der Waals surface area contributed by atoms with Crippen LogP contribution < -0.4 is 0 Å². The van der Waals surface area contributed by atoms with Gasteiger partial charge < -0.3 is 4.79 Å². The number of rotatable bonds is 2. The Kier molecular flexibility index (Phi) is 10.8. The minimum atomic E-state index is -0.0787. The number of hydrogen-bond donors (Lipinski definition) is 0. The van der Waals surface area contributed by atoms with Crippen LogP contribution in [0.15, 0.2) is 0 Å². The molecule has 0 saturated carbocycles. The quantitative estimate of drug-likeness (QED) is 0.284. The van der Waals surface area contributed by atoms with E-state index in [0.29, 0.717) is 6.29 Å². The number of carbonyl (C=O) groups excluding carboxylic acids is 2. The molecule has 0 aromatic heterocycles. The number of carbonyl (C=O) groups is 2. The van der Waals surface area contributed by atoms with Crippen LogP contribution in [0.3, 0.4) is 0 Å². The van der Waals surface area contributed by atoms with E-state index in [-0.39, 0.29) is 63.6 Å². The van der Waals surface area contributed by atoms with Gasteiger partial charge in [-0.15, -0.1) is 0 Å². The van der Waals surface area contributed by atoms with Crippen molar-refractivity contribution in [3.8, 4) is 0 Å². The van der Waals surface area contributed by atoms with Gasteiger partial charge in [0, 0.05) is 0 Å². The molecular formula is C4H7KO2. The molecule has 0 bridgehead atoms. The summed E-state index contributed by atoms with van der Waals surface area (Å²) in [4.78, 5) is 19.2. The zero-order chi connectivity index (χ0) is 4.99. The molecule has 0 heterocycles. The SMILES string of the molecule is CC(=O)CC=O.[KH]. The van der Waals surface area contributed by atoms with E-state index in [2.05, 4.69) is 0 Å². The predicted octanol–water partition coefficient (Wildman–Crippen LogP) is -0.484. The molecule has 0 saturated heterocycles. The first-order valence-electron chi connectivity index (χ1n) is 1.70. The topological polar surface area (TPSA) is 34.1 Å². The van der Waals surface area contributed by atoms with Gasteiger partial charge in [-0.05, 0) is 6.92 Å². The van der Waals surface area contributed by atoms with Crippen LogP contribution in [0.2, 0.25) is 0 Å². The molecule has 0 aliphatic carbocycles. The van der Waals surface area contributed by atoms with E-state index in [1.807, 2.05) is 0 Å². The summed E-state index contributed by atoms with van der Waals surface area (Å²) in [5, 5.41) is 0. The van der Waals surface area contributed by atoms with Crippen molar-refractivity contribution in [2.45, 2.75) is 13.3 Å². The van der Waals surface area contributed by atoms with Crippen LogP contribution in [-0.4, -0.2) is 63.5 Å². The summed E-state index contributed by atoms with van der Waals surface area (Å²) in [6, 6.07) is 0. The molecule has 0 amide bonds. The molecule has 0 spiro atoms. The van der Waals surface area contributed by atoms with Gasteiger partial charge in [-0.2, -0.15) is 0 Å². The maximum absolute atomic E-state index is 9.81. The Morgan fingerprint density at radius 2 is 2.14 bits per heavy atom. The van der Waals surface area contributed by atoms with Crippen LogP contribution in [0.25, 0.3) is 0 Å². The van der Waals surface area contributed by atoms with E-state index in [4.69, 9.17) is 0 Å². The second-order valence-corrected chi connectivity index (χ2v) is 1.07. The molecule has 36 valence electrons. The Morgan fingerprint density at radius 3 is 2.14 bits per heavy atom. The first-order valence-corrected chi connectivity index (χ1v) is 1.70. The van der Waals surface area contributed by atoms with Gasteiger partial charge in [0.05, 0.1) is 6.42 Å². The average Bonchev–Trinajstić information content (AvgIpc) is 1.35. The maximum atomic E-state index is 9.81. The zero-order valence-electron chi connectivity index (χ0n) is 3.60. The monoisotopic (exact) mass is 126 g/mol. The molecule has 0 rings (SSSR count). The second-order valence-electron chi connectivity index (χ2n) is 1.07. The molecule has 0 aromatic rings. The third kappa shape index (κ3) is 10.9. The van der Waals surface area contributed by atoms with Crippen molar-refractivity contribution in [3.05, 3.63) is 0 Å². The van der Waals surface area contributed by atoms with Crippen LogP contribution in [-0.2, 0) is 9.59 Å². The molecule has 0 unspecified atom stereocenters. The summed E-state index contributed by atoms with van der Waals surface area (Å²) in [5.41, 5.74) is 0. The Hall–Kier alpha value is 0.976. The Morgan fingerprint density at radius 1 is 1.71 bits per heavy atom. The van der Waals surface area contributed by atoms with E-state index in [1.54, 1.807) is 0 Å². The van der Waals surface area contributed by atoms with Crippen molar-refractivity contribution in [1.29, 1.82) is 0 Å². The van der Waals surface area contributed by atoms with Gasteiger partial charge in [0.15, 0.2) is 0 Å². The number of hydrogen-bond acceptors (Lipinski definition) is 2. The summed E-state index contributed by atoms with van der Waals surface area (Å²) >= 11 is 0. The predicted molar refractivity (Wildman–Crippen MR) is 28.5 cm³/mol. The summed E-state index contributed by atoms with van der Waals surface area (Å²) in [7, 11) is 0. The van der Waals surface area contributed by atoms with Crippen LogP contribution in [0.4, 0.5) is 0 Å². The Bertz CT molecular complexity index is 70.1. The molecule has 0 radical (unpaired) electrons. The van der Waals surface area contributed by atoms with Gasteiger partial charge in [0.25, 0.3) is 0 Å². The zero-order valence-corrected chi connectivity index (χ0v) is 3.60. The third-order valence-corrected chi connectivity index (χ3v) is 0.371. The van der Waals surface area contributed by atoms with Gasteiger partial charge in [-0.1, -0.05) is 0 Å². The number of aldehydes is 1. The molecule has 0 aliphatic heterocycles. The minimum absolute atomic E-state index is 0. The van der Waals surface area contributed by atoms with Gasteiger partial charge in [0.1, 0.15) is 12.1 Å². The van der Waals surface area contributed by atoms with Crippen molar-refractivity contribution >= 4 is 63.5 Å². The van der Waals surface area contributed by atoms with Crippen LogP contribution in [0.1, 0.15) is 13.3 Å². The van der Waals surface area contributed by atoms with Crippen molar-refractivity contribution in [3.63, 3.8) is 0 Å². The molecule has 2 nitrogen and oxygen atoms in total. The normalized spacial score (nSPS) is 6.43. The molecule has 7 heavy (non-hydrogen) atoms. The molecule has 0 N–H and O–H groups in total. The van der Waals surface area contributed by atoms with E-state index in [9.17, 15) is 9.59 Å². The average molecular weight is 126 g/mol. The van der Waals surface area contributed by atoms with Crippen LogP contribution in [0.5, 0.6) is 0 Å². The van der Waals surface area contributed by atoms with Gasteiger partial charge in [-0.25, -0.2) is 0 Å². The van der Waals surface area contributed by atoms with Crippen molar-refractivity contribution < 1.29 is 9.59 Å². The standard InChI is InChI=1S/C4H6O2.K.H/c1-4(6)2-3-5;;/h3H,2H2,1H3;;. The van der Waals surface area contributed by atoms with Crippen LogP contribution >= 0.6 is 0 Å². The molecule has 0 atom stereocenters. The first-order chi connectivity index (χ1) is 2.77. The Labute approximate surface area is 85.1 Å². The van der Waals surface area contributed by atoms with E-state index < -0.39 is 0 Å². The molecule has 0 aromatic carbocycles. The number of ketones is 1. The van der Waals surface area contributed by atoms with Gasteiger partial charge in [0.2, 0.25) is 0 Å². The van der Waals surface area contributed by atoms with Crippen molar-refractivity contribution in [2.75, 3.05) is 0 Å². The summed E-state index contributed by atoms with van der Waals surface area (Å²) in [6.07, 6.45) is 0.655. The summed E-state index contributed by atoms with van der Waals surface area (Å²) in [5.74, 6) is -0.0787. The second kappa shape index (κ2) is 6.98. The molecule has 3 heteroatoms. The van der Waals surface area contributed by atoms with E-state index in [0.717, 1.165) is 0 Å². The third-order valence-electron chi connectivity index (χ3n) is 0.371. The fraction of sp³-hybridized carbons (Fsp3) is 0.500. The van der Waals surface area contributed by atoms with Crippen molar-refractivity contribution in [1.82, 2.24) is 0 Å².